The van der Waals surface area contributed by atoms with E-state index in [1.165, 1.54) is 19.1 Å². The zero-order valence-electron chi connectivity index (χ0n) is 11.0. The quantitative estimate of drug-likeness (QED) is 0.839. The number of pyridine rings is 1. The SMILES string of the molecule is Cc1cc2cc(N)nc(C(C)C)c2cc1C(F)(F)F. The molecule has 1 aromatic carbocycles. The van der Waals surface area contributed by atoms with Gasteiger partial charge in [0.2, 0.25) is 0 Å². The fourth-order valence-corrected chi connectivity index (χ4v) is 2.21. The molecule has 0 aliphatic rings. The molecule has 0 unspecified atom stereocenters. The van der Waals surface area contributed by atoms with Crippen LogP contribution in [0.4, 0.5) is 19.0 Å². The lowest BCUT2D eigenvalue weighted by atomic mass is 9.97. The standard InChI is InChI=1S/C14H15F3N2/c1-7(2)13-10-6-11(14(15,16)17)8(3)4-9(10)5-12(18)19-13/h4-7H,1-3H3,(H2,18,19). The number of nitrogens with zero attached hydrogens (tertiary/aromatic N) is 1. The first-order valence-corrected chi connectivity index (χ1v) is 5.98. The van der Waals surface area contributed by atoms with Gasteiger partial charge in [-0.15, -0.1) is 0 Å². The second-order valence-corrected chi connectivity index (χ2v) is 4.97. The summed E-state index contributed by atoms with van der Waals surface area (Å²) < 4.78 is 38.8. The highest BCUT2D eigenvalue weighted by atomic mass is 19.4. The van der Waals surface area contributed by atoms with Crippen LogP contribution in [0.15, 0.2) is 18.2 Å². The van der Waals surface area contributed by atoms with Gasteiger partial charge in [-0.25, -0.2) is 4.98 Å². The van der Waals surface area contributed by atoms with Crippen LogP contribution in [0.3, 0.4) is 0 Å². The average Bonchev–Trinajstić information content (AvgIpc) is 2.24. The number of hydrogen-bond donors (Lipinski definition) is 1. The van der Waals surface area contributed by atoms with Gasteiger partial charge >= 0.3 is 6.18 Å². The Morgan fingerprint density at radius 3 is 2.32 bits per heavy atom. The number of anilines is 1. The third kappa shape index (κ3) is 2.50. The van der Waals surface area contributed by atoms with Crippen LogP contribution in [0.5, 0.6) is 0 Å². The van der Waals surface area contributed by atoms with Crippen molar-refractivity contribution in [2.24, 2.45) is 0 Å². The lowest BCUT2D eigenvalue weighted by Crippen LogP contribution is -2.08. The predicted molar refractivity (Wildman–Crippen MR) is 70.0 cm³/mol. The molecule has 2 N–H and O–H groups in total. The lowest BCUT2D eigenvalue weighted by Gasteiger charge is -2.15. The van der Waals surface area contributed by atoms with E-state index in [1.54, 1.807) is 6.07 Å². The van der Waals surface area contributed by atoms with Gasteiger partial charge in [-0.05, 0) is 35.9 Å². The molecule has 0 atom stereocenters. The summed E-state index contributed by atoms with van der Waals surface area (Å²) in [5.41, 5.74) is 5.88. The van der Waals surface area contributed by atoms with E-state index in [4.69, 9.17) is 5.73 Å². The molecule has 1 aromatic heterocycles. The van der Waals surface area contributed by atoms with Gasteiger partial charge in [-0.1, -0.05) is 19.9 Å². The van der Waals surface area contributed by atoms with E-state index in [0.29, 0.717) is 22.3 Å². The molecule has 2 nitrogen and oxygen atoms in total. The molecule has 2 aromatic rings. The second-order valence-electron chi connectivity index (χ2n) is 4.97. The monoisotopic (exact) mass is 268 g/mol. The van der Waals surface area contributed by atoms with E-state index in [9.17, 15) is 13.2 Å². The van der Waals surface area contributed by atoms with Gasteiger partial charge in [0.1, 0.15) is 5.82 Å². The fraction of sp³-hybridized carbons (Fsp3) is 0.357. The van der Waals surface area contributed by atoms with E-state index in [-0.39, 0.29) is 11.5 Å². The van der Waals surface area contributed by atoms with Gasteiger partial charge in [0.25, 0.3) is 0 Å². The lowest BCUT2D eigenvalue weighted by molar-refractivity contribution is -0.137. The summed E-state index contributed by atoms with van der Waals surface area (Å²) in [5.74, 6) is 0.338. The van der Waals surface area contributed by atoms with Crippen molar-refractivity contribution in [3.8, 4) is 0 Å². The number of aromatic nitrogens is 1. The van der Waals surface area contributed by atoms with Crippen LogP contribution >= 0.6 is 0 Å². The largest absolute Gasteiger partial charge is 0.416 e. The minimum Gasteiger partial charge on any atom is -0.384 e. The summed E-state index contributed by atoms with van der Waals surface area (Å²) >= 11 is 0. The number of hydrogen-bond acceptors (Lipinski definition) is 2. The zero-order valence-corrected chi connectivity index (χ0v) is 11.0. The number of nitrogen functional groups attached to an aromatic ring is 1. The summed E-state index contributed by atoms with van der Waals surface area (Å²) in [6.45, 7) is 5.22. The van der Waals surface area contributed by atoms with Gasteiger partial charge in [-0.3, -0.25) is 0 Å². The molecule has 0 saturated heterocycles. The third-order valence-corrected chi connectivity index (χ3v) is 3.08. The predicted octanol–water partition coefficient (Wildman–Crippen LogP) is 4.27. The topological polar surface area (TPSA) is 38.9 Å². The highest BCUT2D eigenvalue weighted by molar-refractivity contribution is 5.88. The van der Waals surface area contributed by atoms with Crippen molar-refractivity contribution in [1.29, 1.82) is 0 Å². The summed E-state index contributed by atoms with van der Waals surface area (Å²) in [4.78, 5) is 4.16. The summed E-state index contributed by atoms with van der Waals surface area (Å²) in [5, 5.41) is 1.21. The van der Waals surface area contributed by atoms with Crippen molar-refractivity contribution in [2.75, 3.05) is 5.73 Å². The first-order chi connectivity index (χ1) is 8.70. The molecular weight excluding hydrogens is 253 g/mol. The molecule has 102 valence electrons. The van der Waals surface area contributed by atoms with E-state index < -0.39 is 11.7 Å². The Morgan fingerprint density at radius 2 is 1.79 bits per heavy atom. The summed E-state index contributed by atoms with van der Waals surface area (Å²) in [6, 6.07) is 4.29. The zero-order chi connectivity index (χ0) is 14.4. The molecule has 0 bridgehead atoms. The van der Waals surface area contributed by atoms with E-state index >= 15 is 0 Å². The first-order valence-electron chi connectivity index (χ1n) is 5.98. The Hall–Kier alpha value is -1.78. The minimum atomic E-state index is -4.35. The number of rotatable bonds is 1. The Kier molecular flexibility index (Phi) is 3.16. The number of nitrogens with two attached hydrogens (primary N) is 1. The molecular formula is C14H15F3N2. The van der Waals surface area contributed by atoms with Gasteiger partial charge < -0.3 is 5.73 Å². The number of aryl methyl sites for hydroxylation is 1. The summed E-state index contributed by atoms with van der Waals surface area (Å²) in [7, 11) is 0. The number of benzene rings is 1. The highest BCUT2D eigenvalue weighted by Gasteiger charge is 2.32. The molecule has 0 amide bonds. The van der Waals surface area contributed by atoms with Crippen molar-refractivity contribution in [3.05, 3.63) is 35.0 Å². The van der Waals surface area contributed by atoms with Crippen LogP contribution in [0.2, 0.25) is 0 Å². The Bertz CT molecular complexity index is 631. The van der Waals surface area contributed by atoms with Gasteiger partial charge in [-0.2, -0.15) is 13.2 Å². The van der Waals surface area contributed by atoms with Crippen LogP contribution in [0.1, 0.15) is 36.6 Å². The molecule has 5 heteroatoms. The number of fused-ring (bicyclic) bond motifs is 1. The molecule has 19 heavy (non-hydrogen) atoms. The molecule has 0 spiro atoms. The number of alkyl halides is 3. The van der Waals surface area contributed by atoms with Gasteiger partial charge in [0.05, 0.1) is 11.3 Å². The van der Waals surface area contributed by atoms with Crippen molar-refractivity contribution < 1.29 is 13.2 Å². The van der Waals surface area contributed by atoms with Crippen LogP contribution in [-0.2, 0) is 6.18 Å². The molecule has 0 fully saturated rings. The van der Waals surface area contributed by atoms with E-state index in [1.807, 2.05) is 13.8 Å². The third-order valence-electron chi connectivity index (χ3n) is 3.08. The van der Waals surface area contributed by atoms with Crippen LogP contribution in [0, 0.1) is 6.92 Å². The number of halogens is 3. The summed E-state index contributed by atoms with van der Waals surface area (Å²) in [6.07, 6.45) is -4.35. The molecule has 0 saturated carbocycles. The molecule has 1 heterocycles. The molecule has 0 aliphatic carbocycles. The van der Waals surface area contributed by atoms with E-state index in [0.717, 1.165) is 0 Å². The Morgan fingerprint density at radius 1 is 1.16 bits per heavy atom. The Balaban J connectivity index is 2.83. The van der Waals surface area contributed by atoms with Gasteiger partial charge in [0.15, 0.2) is 0 Å². The molecule has 2 rings (SSSR count). The van der Waals surface area contributed by atoms with Crippen molar-refractivity contribution in [2.45, 2.75) is 32.9 Å². The van der Waals surface area contributed by atoms with Crippen LogP contribution in [0.25, 0.3) is 10.8 Å². The smallest absolute Gasteiger partial charge is 0.384 e. The van der Waals surface area contributed by atoms with Crippen molar-refractivity contribution >= 4 is 16.6 Å². The first kappa shape index (κ1) is 13.6. The van der Waals surface area contributed by atoms with Crippen LogP contribution < -0.4 is 5.73 Å². The van der Waals surface area contributed by atoms with Crippen molar-refractivity contribution in [3.63, 3.8) is 0 Å². The Labute approximate surface area is 109 Å². The molecule has 0 aliphatic heterocycles. The van der Waals surface area contributed by atoms with Crippen molar-refractivity contribution in [1.82, 2.24) is 4.98 Å². The average molecular weight is 268 g/mol. The highest BCUT2D eigenvalue weighted by Crippen LogP contribution is 2.36. The fourth-order valence-electron chi connectivity index (χ4n) is 2.21. The maximum Gasteiger partial charge on any atom is 0.416 e. The second kappa shape index (κ2) is 4.40. The minimum absolute atomic E-state index is 0.00906. The molecule has 0 radical (unpaired) electrons. The van der Waals surface area contributed by atoms with Gasteiger partial charge in [0, 0.05) is 5.39 Å². The van der Waals surface area contributed by atoms with E-state index in [2.05, 4.69) is 4.98 Å². The van der Waals surface area contributed by atoms with Crippen LogP contribution in [-0.4, -0.2) is 4.98 Å². The maximum atomic E-state index is 12.9. The normalized spacial score (nSPS) is 12.4. The maximum absolute atomic E-state index is 12.9.